The minimum atomic E-state index is -1.07. The third-order valence-electron chi connectivity index (χ3n) is 2.93. The van der Waals surface area contributed by atoms with Crippen molar-refractivity contribution in [2.24, 2.45) is 5.92 Å². The second-order valence-electron chi connectivity index (χ2n) is 4.17. The molecule has 0 aromatic carbocycles. The van der Waals surface area contributed by atoms with Crippen LogP contribution < -0.4 is 5.32 Å². The fourth-order valence-electron chi connectivity index (χ4n) is 2.00. The van der Waals surface area contributed by atoms with Gasteiger partial charge in [0.15, 0.2) is 10.8 Å². The molecule has 92 valence electrons. The summed E-state index contributed by atoms with van der Waals surface area (Å²) in [5.41, 5.74) is -0.0195. The van der Waals surface area contributed by atoms with E-state index in [4.69, 9.17) is 5.11 Å². The molecule has 17 heavy (non-hydrogen) atoms. The maximum atomic E-state index is 11.9. The number of aromatic nitrogens is 1. The number of aromatic carboxylic acids is 1. The van der Waals surface area contributed by atoms with Crippen molar-refractivity contribution in [1.29, 1.82) is 0 Å². The molecule has 1 aliphatic carbocycles. The predicted octanol–water partition coefficient (Wildman–Crippen LogP) is 2.36. The van der Waals surface area contributed by atoms with Crippen molar-refractivity contribution in [3.8, 4) is 0 Å². The molecule has 1 aliphatic rings. The van der Waals surface area contributed by atoms with E-state index in [2.05, 4.69) is 10.3 Å². The zero-order valence-electron chi connectivity index (χ0n) is 9.31. The highest BCUT2D eigenvalue weighted by atomic mass is 32.1. The van der Waals surface area contributed by atoms with Gasteiger partial charge in [-0.1, -0.05) is 19.3 Å². The number of anilines is 1. The Hall–Kier alpha value is -1.43. The van der Waals surface area contributed by atoms with Gasteiger partial charge in [-0.3, -0.25) is 4.79 Å². The van der Waals surface area contributed by atoms with E-state index in [1.807, 2.05) is 0 Å². The molecule has 0 radical (unpaired) electrons. The average molecular weight is 254 g/mol. The average Bonchev–Trinajstić information content (AvgIpc) is 2.79. The molecule has 0 bridgehead atoms. The van der Waals surface area contributed by atoms with Gasteiger partial charge in [0.2, 0.25) is 5.91 Å². The van der Waals surface area contributed by atoms with Crippen LogP contribution in [-0.4, -0.2) is 22.0 Å². The number of carboxylic acids is 1. The summed E-state index contributed by atoms with van der Waals surface area (Å²) in [6.07, 6.45) is 5.23. The summed E-state index contributed by atoms with van der Waals surface area (Å²) >= 11 is 1.15. The van der Waals surface area contributed by atoms with Gasteiger partial charge in [0.05, 0.1) is 0 Å². The number of thiazole rings is 1. The predicted molar refractivity (Wildman–Crippen MR) is 64.3 cm³/mol. The number of nitrogens with one attached hydrogen (secondary N) is 1. The zero-order valence-corrected chi connectivity index (χ0v) is 10.1. The van der Waals surface area contributed by atoms with E-state index >= 15 is 0 Å². The monoisotopic (exact) mass is 254 g/mol. The molecule has 2 rings (SSSR count). The lowest BCUT2D eigenvalue weighted by molar-refractivity contribution is -0.120. The van der Waals surface area contributed by atoms with E-state index < -0.39 is 5.97 Å². The summed E-state index contributed by atoms with van der Waals surface area (Å²) in [5.74, 6) is -1.05. The Morgan fingerprint density at radius 3 is 2.65 bits per heavy atom. The number of carbonyl (C=O) groups is 2. The number of hydrogen-bond donors (Lipinski definition) is 2. The number of carbonyl (C=O) groups excluding carboxylic acids is 1. The largest absolute Gasteiger partial charge is 0.476 e. The van der Waals surface area contributed by atoms with Crippen LogP contribution in [0.3, 0.4) is 0 Å². The van der Waals surface area contributed by atoms with Gasteiger partial charge in [0, 0.05) is 11.3 Å². The molecule has 1 heterocycles. The molecule has 5 nitrogen and oxygen atoms in total. The maximum absolute atomic E-state index is 11.9. The first-order chi connectivity index (χ1) is 8.16. The lowest BCUT2D eigenvalue weighted by atomic mass is 9.89. The summed E-state index contributed by atoms with van der Waals surface area (Å²) < 4.78 is 0. The van der Waals surface area contributed by atoms with Crippen molar-refractivity contribution in [2.45, 2.75) is 32.1 Å². The van der Waals surface area contributed by atoms with Crippen molar-refractivity contribution in [1.82, 2.24) is 4.98 Å². The van der Waals surface area contributed by atoms with E-state index in [9.17, 15) is 9.59 Å². The topological polar surface area (TPSA) is 79.3 Å². The van der Waals surface area contributed by atoms with Crippen molar-refractivity contribution in [3.05, 3.63) is 11.1 Å². The molecule has 1 saturated carbocycles. The van der Waals surface area contributed by atoms with Gasteiger partial charge in [0.1, 0.15) is 0 Å². The van der Waals surface area contributed by atoms with Crippen molar-refractivity contribution in [2.75, 3.05) is 5.32 Å². The summed E-state index contributed by atoms with van der Waals surface area (Å²) in [4.78, 5) is 26.3. The molecule has 0 atom stereocenters. The lowest BCUT2D eigenvalue weighted by Crippen LogP contribution is -2.24. The van der Waals surface area contributed by atoms with E-state index in [0.717, 1.165) is 37.0 Å². The van der Waals surface area contributed by atoms with Crippen LogP contribution in [0.15, 0.2) is 5.38 Å². The van der Waals surface area contributed by atoms with Crippen LogP contribution in [0.25, 0.3) is 0 Å². The van der Waals surface area contributed by atoms with Crippen molar-refractivity contribution in [3.63, 3.8) is 0 Å². The van der Waals surface area contributed by atoms with Crippen LogP contribution >= 0.6 is 11.3 Å². The summed E-state index contributed by atoms with van der Waals surface area (Å²) in [7, 11) is 0. The Kier molecular flexibility index (Phi) is 3.73. The van der Waals surface area contributed by atoms with Gasteiger partial charge >= 0.3 is 5.97 Å². The zero-order chi connectivity index (χ0) is 12.3. The molecule has 6 heteroatoms. The third-order valence-corrected chi connectivity index (χ3v) is 3.69. The van der Waals surface area contributed by atoms with Crippen LogP contribution in [-0.2, 0) is 4.79 Å². The normalized spacial score (nSPS) is 16.7. The molecule has 0 unspecified atom stereocenters. The third kappa shape index (κ3) is 3.03. The molecular formula is C11H14N2O3S. The minimum absolute atomic E-state index is 0.0195. The van der Waals surface area contributed by atoms with Gasteiger partial charge in [-0.15, -0.1) is 11.3 Å². The fourth-order valence-corrected chi connectivity index (χ4v) is 2.69. The Morgan fingerprint density at radius 1 is 1.35 bits per heavy atom. The second kappa shape index (κ2) is 5.27. The Labute approximate surface area is 103 Å². The van der Waals surface area contributed by atoms with Gasteiger partial charge in [-0.25, -0.2) is 9.78 Å². The van der Waals surface area contributed by atoms with E-state index in [1.54, 1.807) is 0 Å². The van der Waals surface area contributed by atoms with E-state index in [0.29, 0.717) is 5.13 Å². The second-order valence-corrected chi connectivity index (χ2v) is 5.03. The molecule has 1 amide bonds. The summed E-state index contributed by atoms with van der Waals surface area (Å²) in [6.45, 7) is 0. The molecule has 2 N–H and O–H groups in total. The highest BCUT2D eigenvalue weighted by Gasteiger charge is 2.22. The Morgan fingerprint density at radius 2 is 2.06 bits per heavy atom. The minimum Gasteiger partial charge on any atom is -0.476 e. The number of amides is 1. The first kappa shape index (κ1) is 12.0. The molecule has 0 saturated heterocycles. The molecule has 1 aromatic heterocycles. The number of hydrogen-bond acceptors (Lipinski definition) is 4. The first-order valence-corrected chi connectivity index (χ1v) is 6.54. The van der Waals surface area contributed by atoms with Crippen molar-refractivity contribution < 1.29 is 14.7 Å². The van der Waals surface area contributed by atoms with E-state index in [-0.39, 0.29) is 17.5 Å². The highest BCUT2D eigenvalue weighted by molar-refractivity contribution is 7.14. The lowest BCUT2D eigenvalue weighted by Gasteiger charge is -2.19. The van der Waals surface area contributed by atoms with Gasteiger partial charge < -0.3 is 10.4 Å². The summed E-state index contributed by atoms with van der Waals surface area (Å²) in [6, 6.07) is 0. The van der Waals surface area contributed by atoms with Gasteiger partial charge in [-0.05, 0) is 12.8 Å². The van der Waals surface area contributed by atoms with Gasteiger partial charge in [0.25, 0.3) is 0 Å². The molecular weight excluding hydrogens is 240 g/mol. The van der Waals surface area contributed by atoms with Gasteiger partial charge in [-0.2, -0.15) is 0 Å². The molecule has 0 aliphatic heterocycles. The Balaban J connectivity index is 1.94. The summed E-state index contributed by atoms with van der Waals surface area (Å²) in [5, 5.41) is 13.2. The quantitative estimate of drug-likeness (QED) is 0.867. The van der Waals surface area contributed by atoms with Crippen LogP contribution in [0.1, 0.15) is 42.6 Å². The number of carboxylic acid groups (broad SMARTS) is 1. The highest BCUT2D eigenvalue weighted by Crippen LogP contribution is 2.25. The van der Waals surface area contributed by atoms with Crippen LogP contribution in [0.4, 0.5) is 5.13 Å². The van der Waals surface area contributed by atoms with E-state index in [1.165, 1.54) is 11.8 Å². The maximum Gasteiger partial charge on any atom is 0.355 e. The number of rotatable bonds is 3. The molecule has 0 spiro atoms. The van der Waals surface area contributed by atoms with Crippen LogP contribution in [0.5, 0.6) is 0 Å². The Bertz CT molecular complexity index is 424. The standard InChI is InChI=1S/C11H14N2O3S/c14-9(7-4-2-1-3-5-7)13-11-12-8(6-17-11)10(15)16/h6-7H,1-5H2,(H,15,16)(H,12,13,14). The number of nitrogens with zero attached hydrogens (tertiary/aromatic N) is 1. The van der Waals surface area contributed by atoms with Crippen molar-refractivity contribution >= 4 is 28.3 Å². The smallest absolute Gasteiger partial charge is 0.355 e. The fraction of sp³-hybridized carbons (Fsp3) is 0.545. The molecule has 1 fully saturated rings. The molecule has 1 aromatic rings. The van der Waals surface area contributed by atoms with Crippen LogP contribution in [0, 0.1) is 5.92 Å². The first-order valence-electron chi connectivity index (χ1n) is 5.66. The van der Waals surface area contributed by atoms with Crippen LogP contribution in [0.2, 0.25) is 0 Å². The SMILES string of the molecule is O=C(O)c1csc(NC(=O)C2CCCCC2)n1.